The van der Waals surface area contributed by atoms with Crippen LogP contribution in [0.4, 0.5) is 5.69 Å². The van der Waals surface area contributed by atoms with Crippen LogP contribution in [0.1, 0.15) is 58.9 Å². The van der Waals surface area contributed by atoms with Gasteiger partial charge in [0.25, 0.3) is 5.91 Å². The Morgan fingerprint density at radius 1 is 0.755 bits per heavy atom. The second-order valence-electron chi connectivity index (χ2n) is 12.2. The van der Waals surface area contributed by atoms with E-state index in [1.54, 1.807) is 23.9 Å². The monoisotopic (exact) mass is 672 g/mol. The van der Waals surface area contributed by atoms with Gasteiger partial charge in [-0.1, -0.05) is 85.8 Å². The van der Waals surface area contributed by atoms with Gasteiger partial charge in [0.1, 0.15) is 0 Å². The molecule has 0 bridgehead atoms. The van der Waals surface area contributed by atoms with E-state index in [9.17, 15) is 14.7 Å². The summed E-state index contributed by atoms with van der Waals surface area (Å²) in [6, 6.07) is 41.4. The van der Waals surface area contributed by atoms with Crippen LogP contribution in [0.3, 0.4) is 0 Å². The fraction of sp³-hybridized carbons (Fsp3) is 0.220. The number of aliphatic hydroxyl groups is 1. The van der Waals surface area contributed by atoms with Crippen LogP contribution >= 0.6 is 11.8 Å². The first kappa shape index (κ1) is 34.1. The minimum atomic E-state index is -0.597. The Kier molecular flexibility index (Phi) is 11.2. The van der Waals surface area contributed by atoms with Gasteiger partial charge >= 0.3 is 0 Å². The zero-order chi connectivity index (χ0) is 34.2. The first-order valence-electron chi connectivity index (χ1n) is 16.4. The Balaban J connectivity index is 1.21. The summed E-state index contributed by atoms with van der Waals surface area (Å²) in [5.41, 5.74) is 7.25. The number of carbonyl (C=O) groups excluding carboxylic acids is 2. The molecule has 0 radical (unpaired) electrons. The zero-order valence-electron chi connectivity index (χ0n) is 27.5. The molecular formula is C41H40N2O5S. The van der Waals surface area contributed by atoms with Gasteiger partial charge in [-0.05, 0) is 76.3 Å². The molecular weight excluding hydrogens is 633 g/mol. The maximum Gasteiger partial charge on any atom is 0.251 e. The molecule has 1 aliphatic rings. The number of aliphatic hydroxyl groups excluding tert-OH is 1. The lowest BCUT2D eigenvalue weighted by molar-refractivity contribution is -0.268. The van der Waals surface area contributed by atoms with Crippen LogP contribution in [0.5, 0.6) is 0 Å². The molecule has 8 heteroatoms. The molecule has 0 aliphatic carbocycles. The lowest BCUT2D eigenvalue weighted by Gasteiger charge is -2.41. The number of rotatable bonds is 11. The first-order valence-corrected chi connectivity index (χ1v) is 17.4. The van der Waals surface area contributed by atoms with E-state index in [4.69, 9.17) is 9.47 Å². The number of carbonyl (C=O) groups is 2. The van der Waals surface area contributed by atoms with Crippen molar-refractivity contribution in [2.24, 2.45) is 5.92 Å². The Hall–Kier alpha value is -4.73. The molecule has 0 aromatic heterocycles. The summed E-state index contributed by atoms with van der Waals surface area (Å²) < 4.78 is 13.4. The molecule has 5 aromatic rings. The van der Waals surface area contributed by atoms with Crippen LogP contribution in [-0.4, -0.2) is 28.8 Å². The molecule has 0 spiro atoms. The molecule has 0 saturated carbocycles. The lowest BCUT2D eigenvalue weighted by Crippen LogP contribution is -2.38. The standard InChI is InChI=1S/C41H40N2O5S/c1-27-38(26-49-37-20-18-36(19-21-37)43-28(2)45)47-41(48-39(27)31-16-14-29(25-44)15-17-31)35-13-7-12-34(23-35)33-11-6-8-30(22-33)24-42-40(46)32-9-4-3-5-10-32/h3-23,27,38-39,41,44H,24-26H2,1-2H3,(H,42,46)(H,43,45)/t27-,38+,39+,41+/m1/s1. The lowest BCUT2D eigenvalue weighted by atomic mass is 9.91. The number of anilines is 1. The van der Waals surface area contributed by atoms with E-state index in [1.165, 1.54) is 6.92 Å². The van der Waals surface area contributed by atoms with Crippen LogP contribution in [0.25, 0.3) is 11.1 Å². The van der Waals surface area contributed by atoms with E-state index in [0.717, 1.165) is 44.0 Å². The van der Waals surface area contributed by atoms with Crippen molar-refractivity contribution in [2.45, 2.75) is 50.4 Å². The van der Waals surface area contributed by atoms with Gasteiger partial charge in [0.15, 0.2) is 6.29 Å². The highest BCUT2D eigenvalue weighted by Gasteiger charge is 2.38. The average Bonchev–Trinajstić information content (AvgIpc) is 3.14. The Morgan fingerprint density at radius 2 is 1.47 bits per heavy atom. The van der Waals surface area contributed by atoms with Crippen LogP contribution in [0.15, 0.2) is 132 Å². The van der Waals surface area contributed by atoms with Gasteiger partial charge in [-0.25, -0.2) is 0 Å². The fourth-order valence-corrected chi connectivity index (χ4v) is 6.99. The van der Waals surface area contributed by atoms with Gasteiger partial charge in [0, 0.05) is 46.8 Å². The molecule has 1 aliphatic heterocycles. The summed E-state index contributed by atoms with van der Waals surface area (Å²) in [5.74, 6) is 0.554. The maximum absolute atomic E-state index is 12.6. The van der Waals surface area contributed by atoms with Crippen LogP contribution in [0.2, 0.25) is 0 Å². The number of ether oxygens (including phenoxy) is 2. The summed E-state index contributed by atoms with van der Waals surface area (Å²) in [7, 11) is 0. The van der Waals surface area contributed by atoms with E-state index in [2.05, 4.69) is 41.8 Å². The predicted octanol–water partition coefficient (Wildman–Crippen LogP) is 8.32. The fourth-order valence-electron chi connectivity index (χ4n) is 5.93. The molecule has 1 fully saturated rings. The minimum Gasteiger partial charge on any atom is -0.392 e. The van der Waals surface area contributed by atoms with Crippen molar-refractivity contribution in [3.8, 4) is 11.1 Å². The summed E-state index contributed by atoms with van der Waals surface area (Å²) in [5, 5.41) is 15.4. The molecule has 1 saturated heterocycles. The number of hydrogen-bond acceptors (Lipinski definition) is 6. The molecule has 1 heterocycles. The van der Waals surface area contributed by atoms with E-state index in [-0.39, 0.29) is 36.5 Å². The Bertz CT molecular complexity index is 1860. The largest absolute Gasteiger partial charge is 0.392 e. The van der Waals surface area contributed by atoms with Gasteiger partial charge in [-0.2, -0.15) is 0 Å². The highest BCUT2D eigenvalue weighted by atomic mass is 32.2. The molecule has 49 heavy (non-hydrogen) atoms. The van der Waals surface area contributed by atoms with E-state index in [0.29, 0.717) is 17.9 Å². The van der Waals surface area contributed by atoms with E-state index >= 15 is 0 Å². The maximum atomic E-state index is 12.6. The van der Waals surface area contributed by atoms with Crippen molar-refractivity contribution in [3.63, 3.8) is 0 Å². The third-order valence-electron chi connectivity index (χ3n) is 8.62. The van der Waals surface area contributed by atoms with Gasteiger partial charge in [-0.15, -0.1) is 11.8 Å². The van der Waals surface area contributed by atoms with Gasteiger partial charge in [-0.3, -0.25) is 9.59 Å². The second kappa shape index (κ2) is 16.1. The van der Waals surface area contributed by atoms with E-state index in [1.807, 2.05) is 91.0 Å². The van der Waals surface area contributed by atoms with E-state index < -0.39 is 6.29 Å². The highest BCUT2D eigenvalue weighted by molar-refractivity contribution is 7.99. The van der Waals surface area contributed by atoms with Gasteiger partial charge in [0.05, 0.1) is 18.8 Å². The predicted molar refractivity (Wildman–Crippen MR) is 194 cm³/mol. The third kappa shape index (κ3) is 8.85. The Labute approximate surface area is 291 Å². The molecule has 3 N–H and O–H groups in total. The van der Waals surface area contributed by atoms with Crippen molar-refractivity contribution in [2.75, 3.05) is 11.1 Å². The van der Waals surface area contributed by atoms with Crippen molar-refractivity contribution < 1.29 is 24.2 Å². The first-order chi connectivity index (χ1) is 23.9. The van der Waals surface area contributed by atoms with Gasteiger partial charge in [0.2, 0.25) is 5.91 Å². The number of nitrogens with one attached hydrogen (secondary N) is 2. The van der Waals surface area contributed by atoms with Gasteiger partial charge < -0.3 is 25.2 Å². The van der Waals surface area contributed by atoms with Crippen molar-refractivity contribution in [1.29, 1.82) is 0 Å². The topological polar surface area (TPSA) is 96.9 Å². The van der Waals surface area contributed by atoms with Crippen LogP contribution in [-0.2, 0) is 27.4 Å². The number of benzene rings is 5. The quantitative estimate of drug-likeness (QED) is 0.122. The molecule has 6 rings (SSSR count). The summed E-state index contributed by atoms with van der Waals surface area (Å²) in [6.07, 6.45) is -0.944. The summed E-state index contributed by atoms with van der Waals surface area (Å²) in [4.78, 5) is 25.1. The third-order valence-corrected chi connectivity index (χ3v) is 9.72. The number of thioether (sulfide) groups is 1. The molecule has 250 valence electrons. The minimum absolute atomic E-state index is 0.0134. The zero-order valence-corrected chi connectivity index (χ0v) is 28.4. The van der Waals surface area contributed by atoms with Crippen molar-refractivity contribution >= 4 is 29.3 Å². The summed E-state index contributed by atoms with van der Waals surface area (Å²) >= 11 is 1.71. The average molecular weight is 673 g/mol. The highest BCUT2D eigenvalue weighted by Crippen LogP contribution is 2.43. The molecule has 4 atom stereocenters. The smallest absolute Gasteiger partial charge is 0.251 e. The summed E-state index contributed by atoms with van der Waals surface area (Å²) in [6.45, 7) is 4.06. The normalized spacial score (nSPS) is 18.8. The van der Waals surface area contributed by atoms with Crippen LogP contribution < -0.4 is 10.6 Å². The molecule has 5 aromatic carbocycles. The molecule has 0 unspecified atom stereocenters. The van der Waals surface area contributed by atoms with Crippen LogP contribution in [0, 0.1) is 5.92 Å². The van der Waals surface area contributed by atoms with Crippen molar-refractivity contribution in [1.82, 2.24) is 5.32 Å². The number of amides is 2. The Morgan fingerprint density at radius 3 is 2.18 bits per heavy atom. The second-order valence-corrected chi connectivity index (χ2v) is 13.3. The molecule has 2 amide bonds. The van der Waals surface area contributed by atoms with Crippen molar-refractivity contribution in [3.05, 3.63) is 155 Å². The molecule has 7 nitrogen and oxygen atoms in total. The number of hydrogen-bond donors (Lipinski definition) is 3. The SMILES string of the molecule is CC(=O)Nc1ccc(SC[C@@H]2O[C@H](c3cccc(-c4cccc(CNC(=O)c5ccccc5)c4)c3)O[C@H](c3ccc(CO)cc3)[C@@H]2C)cc1.